The number of carbonyl (C=O) groups excluding carboxylic acids is 1. The minimum absolute atomic E-state index is 0.0643. The number of morpholine rings is 1. The predicted molar refractivity (Wildman–Crippen MR) is 89.9 cm³/mol. The number of para-hydroxylation sites is 2. The van der Waals surface area contributed by atoms with Crippen molar-refractivity contribution in [2.75, 3.05) is 18.4 Å². The third-order valence-corrected chi connectivity index (χ3v) is 4.43. The van der Waals surface area contributed by atoms with Gasteiger partial charge in [0.15, 0.2) is 0 Å². The first kappa shape index (κ1) is 16.1. The van der Waals surface area contributed by atoms with E-state index in [1.807, 2.05) is 43.0 Å². The Morgan fingerprint density at radius 3 is 2.52 bits per heavy atom. The van der Waals surface area contributed by atoms with E-state index in [2.05, 4.69) is 5.32 Å². The van der Waals surface area contributed by atoms with Gasteiger partial charge >= 0.3 is 6.03 Å². The first-order valence-corrected chi connectivity index (χ1v) is 8.59. The van der Waals surface area contributed by atoms with Crippen LogP contribution in [0.2, 0.25) is 0 Å². The standard InChI is InChI=1S/C18H26N2O3/c1-13-11-20(12-14(2)22-13)18(21)19-16-9-5-6-10-17(16)23-15-7-3-4-8-15/h5-6,9-10,13-15H,3-4,7-8,11-12H2,1-2H3,(H,19,21). The smallest absolute Gasteiger partial charge is 0.322 e. The highest BCUT2D eigenvalue weighted by Crippen LogP contribution is 2.30. The SMILES string of the molecule is CC1CN(C(=O)Nc2ccccc2OC2CCCC2)CC(C)O1. The van der Waals surface area contributed by atoms with Crippen molar-refractivity contribution in [3.63, 3.8) is 0 Å². The molecule has 5 nitrogen and oxygen atoms in total. The van der Waals surface area contributed by atoms with Gasteiger partial charge < -0.3 is 19.7 Å². The number of hydrogen-bond donors (Lipinski definition) is 1. The van der Waals surface area contributed by atoms with Crippen LogP contribution < -0.4 is 10.1 Å². The molecular weight excluding hydrogens is 292 g/mol. The number of hydrogen-bond acceptors (Lipinski definition) is 3. The first-order valence-electron chi connectivity index (χ1n) is 8.59. The number of benzene rings is 1. The van der Waals surface area contributed by atoms with E-state index in [4.69, 9.17) is 9.47 Å². The van der Waals surface area contributed by atoms with E-state index >= 15 is 0 Å². The summed E-state index contributed by atoms with van der Waals surface area (Å²) >= 11 is 0. The number of amides is 2. The lowest BCUT2D eigenvalue weighted by Gasteiger charge is -2.35. The van der Waals surface area contributed by atoms with E-state index in [-0.39, 0.29) is 24.3 Å². The number of nitrogens with one attached hydrogen (secondary N) is 1. The Labute approximate surface area is 137 Å². The summed E-state index contributed by atoms with van der Waals surface area (Å²) in [6, 6.07) is 7.60. The molecular formula is C18H26N2O3. The van der Waals surface area contributed by atoms with Crippen LogP contribution in [0.25, 0.3) is 0 Å². The van der Waals surface area contributed by atoms with Gasteiger partial charge in [-0.25, -0.2) is 4.79 Å². The van der Waals surface area contributed by atoms with Gasteiger partial charge in [0.2, 0.25) is 0 Å². The second-order valence-electron chi connectivity index (χ2n) is 6.61. The van der Waals surface area contributed by atoms with Crippen LogP contribution in [-0.4, -0.2) is 42.3 Å². The predicted octanol–water partition coefficient (Wildman–Crippen LogP) is 3.65. The Hall–Kier alpha value is -1.75. The van der Waals surface area contributed by atoms with E-state index in [0.29, 0.717) is 13.1 Å². The Balaban J connectivity index is 1.65. The molecule has 2 amide bonds. The van der Waals surface area contributed by atoms with Crippen molar-refractivity contribution in [1.82, 2.24) is 4.90 Å². The Kier molecular flexibility index (Phi) is 5.06. The molecule has 5 heteroatoms. The highest BCUT2D eigenvalue weighted by atomic mass is 16.5. The normalized spacial score (nSPS) is 25.4. The maximum absolute atomic E-state index is 12.6. The largest absolute Gasteiger partial charge is 0.488 e. The van der Waals surface area contributed by atoms with Crippen molar-refractivity contribution < 1.29 is 14.3 Å². The Bertz CT molecular complexity index is 533. The van der Waals surface area contributed by atoms with Crippen LogP contribution in [0.1, 0.15) is 39.5 Å². The summed E-state index contributed by atoms with van der Waals surface area (Å²) in [6.45, 7) is 5.21. The number of ether oxygens (including phenoxy) is 2. The molecule has 0 bridgehead atoms. The maximum atomic E-state index is 12.6. The average Bonchev–Trinajstić information content (AvgIpc) is 3.01. The van der Waals surface area contributed by atoms with Gasteiger partial charge in [-0.05, 0) is 51.7 Å². The molecule has 1 aromatic carbocycles. The van der Waals surface area contributed by atoms with Crippen LogP contribution in [0, 0.1) is 0 Å². The van der Waals surface area contributed by atoms with Crippen LogP contribution in [0.4, 0.5) is 10.5 Å². The highest BCUT2D eigenvalue weighted by Gasteiger charge is 2.26. The lowest BCUT2D eigenvalue weighted by molar-refractivity contribution is -0.0530. The zero-order chi connectivity index (χ0) is 16.2. The number of rotatable bonds is 3. The fraction of sp³-hybridized carbons (Fsp3) is 0.611. The molecule has 126 valence electrons. The second kappa shape index (κ2) is 7.21. The van der Waals surface area contributed by atoms with E-state index < -0.39 is 0 Å². The molecule has 2 aliphatic rings. The summed E-state index contributed by atoms with van der Waals surface area (Å²) in [5.41, 5.74) is 0.746. The average molecular weight is 318 g/mol. The van der Waals surface area contributed by atoms with Crippen molar-refractivity contribution in [3.8, 4) is 5.75 Å². The van der Waals surface area contributed by atoms with Crippen molar-refractivity contribution in [2.24, 2.45) is 0 Å². The van der Waals surface area contributed by atoms with Gasteiger partial charge in [-0.2, -0.15) is 0 Å². The third-order valence-electron chi connectivity index (χ3n) is 4.43. The quantitative estimate of drug-likeness (QED) is 0.925. The summed E-state index contributed by atoms with van der Waals surface area (Å²) in [7, 11) is 0. The van der Waals surface area contributed by atoms with Crippen LogP contribution in [-0.2, 0) is 4.74 Å². The zero-order valence-electron chi connectivity index (χ0n) is 14.0. The fourth-order valence-electron chi connectivity index (χ4n) is 3.40. The molecule has 1 N–H and O–H groups in total. The topological polar surface area (TPSA) is 50.8 Å². The summed E-state index contributed by atoms with van der Waals surface area (Å²) < 4.78 is 11.8. The number of anilines is 1. The number of nitrogens with zero attached hydrogens (tertiary/aromatic N) is 1. The Morgan fingerprint density at radius 1 is 1.17 bits per heavy atom. The van der Waals surface area contributed by atoms with E-state index in [1.165, 1.54) is 12.8 Å². The Morgan fingerprint density at radius 2 is 1.83 bits per heavy atom. The molecule has 1 saturated heterocycles. The van der Waals surface area contributed by atoms with E-state index in [0.717, 1.165) is 24.3 Å². The molecule has 2 unspecified atom stereocenters. The molecule has 0 spiro atoms. The summed E-state index contributed by atoms with van der Waals surface area (Å²) in [5.74, 6) is 0.766. The first-order chi connectivity index (χ1) is 11.1. The highest BCUT2D eigenvalue weighted by molar-refractivity contribution is 5.91. The minimum atomic E-state index is -0.0885. The van der Waals surface area contributed by atoms with Crippen molar-refractivity contribution in [3.05, 3.63) is 24.3 Å². The summed E-state index contributed by atoms with van der Waals surface area (Å²) in [5, 5.41) is 3.00. The molecule has 1 heterocycles. The monoisotopic (exact) mass is 318 g/mol. The van der Waals surface area contributed by atoms with Gasteiger partial charge in [0.25, 0.3) is 0 Å². The van der Waals surface area contributed by atoms with Crippen LogP contribution in [0.5, 0.6) is 5.75 Å². The van der Waals surface area contributed by atoms with Gasteiger partial charge in [-0.1, -0.05) is 12.1 Å². The van der Waals surface area contributed by atoms with E-state index in [9.17, 15) is 4.79 Å². The fourth-order valence-corrected chi connectivity index (χ4v) is 3.40. The van der Waals surface area contributed by atoms with Gasteiger partial charge in [0.05, 0.1) is 24.0 Å². The molecule has 2 fully saturated rings. The second-order valence-corrected chi connectivity index (χ2v) is 6.61. The maximum Gasteiger partial charge on any atom is 0.322 e. The molecule has 1 saturated carbocycles. The van der Waals surface area contributed by atoms with Gasteiger partial charge in [0.1, 0.15) is 5.75 Å². The molecule has 23 heavy (non-hydrogen) atoms. The van der Waals surface area contributed by atoms with E-state index in [1.54, 1.807) is 0 Å². The zero-order valence-corrected chi connectivity index (χ0v) is 14.0. The van der Waals surface area contributed by atoms with Crippen LogP contribution >= 0.6 is 0 Å². The van der Waals surface area contributed by atoms with Crippen molar-refractivity contribution in [2.45, 2.75) is 57.8 Å². The number of carbonyl (C=O) groups is 1. The molecule has 0 radical (unpaired) electrons. The van der Waals surface area contributed by atoms with Gasteiger partial charge in [-0.3, -0.25) is 0 Å². The third kappa shape index (κ3) is 4.16. The number of urea groups is 1. The molecule has 1 aliphatic heterocycles. The van der Waals surface area contributed by atoms with Gasteiger partial charge in [0, 0.05) is 13.1 Å². The molecule has 2 atom stereocenters. The van der Waals surface area contributed by atoms with Gasteiger partial charge in [-0.15, -0.1) is 0 Å². The molecule has 1 aromatic rings. The molecule has 3 rings (SSSR count). The minimum Gasteiger partial charge on any atom is -0.488 e. The van der Waals surface area contributed by atoms with Crippen LogP contribution in [0.15, 0.2) is 24.3 Å². The lowest BCUT2D eigenvalue weighted by Crippen LogP contribution is -2.49. The van der Waals surface area contributed by atoms with Crippen molar-refractivity contribution >= 4 is 11.7 Å². The summed E-state index contributed by atoms with van der Waals surface area (Å²) in [6.07, 6.45) is 5.05. The lowest BCUT2D eigenvalue weighted by atomic mass is 10.2. The van der Waals surface area contributed by atoms with Crippen molar-refractivity contribution in [1.29, 1.82) is 0 Å². The molecule has 0 aromatic heterocycles. The van der Waals surface area contributed by atoms with Crippen LogP contribution in [0.3, 0.4) is 0 Å². The molecule has 1 aliphatic carbocycles. The summed E-state index contributed by atoms with van der Waals surface area (Å²) in [4.78, 5) is 14.4.